The Hall–Kier alpha value is -3.19. The fourth-order valence-corrected chi connectivity index (χ4v) is 7.44. The lowest BCUT2D eigenvalue weighted by Gasteiger charge is -2.40. The van der Waals surface area contributed by atoms with Gasteiger partial charge in [-0.3, -0.25) is 4.79 Å². The van der Waals surface area contributed by atoms with Crippen LogP contribution in [0.25, 0.3) is 21.9 Å². The highest BCUT2D eigenvalue weighted by atomic mass is 35.5. The van der Waals surface area contributed by atoms with Crippen LogP contribution in [0, 0.1) is 24.7 Å². The number of hydrogen-bond acceptors (Lipinski definition) is 10. The molecule has 7 rings (SSSR count). The standard InChI is InChI=1S/C27H31ClN10OS/c1-3-18-21(28)20-22(34-18)35-26(36-24(20)38-10-16-17(11-38)27(16,31)25(30)39)40-14-4-5-15-19(6-14)32-12(2)33-23(15)37-8-13(7-29)9-37/h4-6,13,16-17H,3,7-11,29,31H2,1-2H3,(H2,30,39)(H,34,35,36). The molecule has 0 radical (unpaired) electrons. The molecule has 2 atom stereocenters. The molecule has 2 aliphatic heterocycles. The molecule has 2 saturated heterocycles. The minimum Gasteiger partial charge on any atom is -0.368 e. The first-order valence-corrected chi connectivity index (χ1v) is 14.7. The van der Waals surface area contributed by atoms with E-state index in [1.807, 2.05) is 13.8 Å². The van der Waals surface area contributed by atoms with Gasteiger partial charge in [-0.15, -0.1) is 0 Å². The highest BCUT2D eigenvalue weighted by Gasteiger charge is 2.70. The zero-order valence-electron chi connectivity index (χ0n) is 22.3. The summed E-state index contributed by atoms with van der Waals surface area (Å²) in [5.41, 5.74) is 19.3. The largest absolute Gasteiger partial charge is 0.368 e. The maximum absolute atomic E-state index is 11.9. The van der Waals surface area contributed by atoms with Crippen LogP contribution in [0.5, 0.6) is 0 Å². The van der Waals surface area contributed by atoms with E-state index in [9.17, 15) is 4.79 Å². The quantitative estimate of drug-likeness (QED) is 0.238. The van der Waals surface area contributed by atoms with E-state index in [1.54, 1.807) is 0 Å². The summed E-state index contributed by atoms with van der Waals surface area (Å²) in [7, 11) is 0. The van der Waals surface area contributed by atoms with Gasteiger partial charge in [-0.1, -0.05) is 18.5 Å². The van der Waals surface area contributed by atoms with Crippen LogP contribution >= 0.6 is 23.4 Å². The van der Waals surface area contributed by atoms with E-state index in [0.717, 1.165) is 63.8 Å². The molecule has 208 valence electrons. The molecule has 1 aromatic carbocycles. The molecule has 1 saturated carbocycles. The Labute approximate surface area is 240 Å². The number of amides is 1. The van der Waals surface area contributed by atoms with Gasteiger partial charge in [-0.2, -0.15) is 0 Å². The van der Waals surface area contributed by atoms with Crippen molar-refractivity contribution in [2.45, 2.75) is 35.9 Å². The fraction of sp³-hybridized carbons (Fsp3) is 0.444. The van der Waals surface area contributed by atoms with Crippen LogP contribution in [0.4, 0.5) is 11.6 Å². The van der Waals surface area contributed by atoms with E-state index in [0.29, 0.717) is 41.4 Å². The van der Waals surface area contributed by atoms with E-state index in [-0.39, 0.29) is 11.8 Å². The number of nitrogens with one attached hydrogen (secondary N) is 1. The molecule has 1 amide bonds. The van der Waals surface area contributed by atoms with Gasteiger partial charge < -0.3 is 32.0 Å². The first-order chi connectivity index (χ1) is 19.2. The van der Waals surface area contributed by atoms with E-state index in [1.165, 1.54) is 11.8 Å². The normalized spacial score (nSPS) is 24.1. The number of nitrogens with two attached hydrogens (primary N) is 3. The highest BCUT2D eigenvalue weighted by Crippen LogP contribution is 2.54. The summed E-state index contributed by atoms with van der Waals surface area (Å²) < 4.78 is 0. The Bertz CT molecular complexity index is 1670. The predicted octanol–water partition coefficient (Wildman–Crippen LogP) is 2.22. The predicted molar refractivity (Wildman–Crippen MR) is 157 cm³/mol. The number of primary amides is 1. The molecule has 7 N–H and O–H groups in total. The topological polar surface area (TPSA) is 169 Å². The van der Waals surface area contributed by atoms with Crippen LogP contribution in [0.1, 0.15) is 18.4 Å². The average molecular weight is 579 g/mol. The van der Waals surface area contributed by atoms with Crippen LogP contribution in [0.3, 0.4) is 0 Å². The Morgan fingerprint density at radius 2 is 1.85 bits per heavy atom. The Morgan fingerprint density at radius 1 is 1.12 bits per heavy atom. The second kappa shape index (κ2) is 9.16. The Balaban J connectivity index is 1.23. The molecule has 3 aromatic heterocycles. The van der Waals surface area contributed by atoms with Crippen LogP contribution in [0.2, 0.25) is 5.02 Å². The van der Waals surface area contributed by atoms with E-state index in [2.05, 4.69) is 33.0 Å². The maximum atomic E-state index is 11.9. The summed E-state index contributed by atoms with van der Waals surface area (Å²) >= 11 is 8.27. The van der Waals surface area contributed by atoms with Gasteiger partial charge in [-0.25, -0.2) is 19.9 Å². The number of nitrogens with zero attached hydrogens (tertiary/aromatic N) is 6. The molecule has 1 aliphatic carbocycles. The molecule has 3 fully saturated rings. The van der Waals surface area contributed by atoms with Gasteiger partial charge in [0.15, 0.2) is 5.16 Å². The van der Waals surface area contributed by atoms with E-state index >= 15 is 0 Å². The number of carbonyl (C=O) groups excluding carboxylic acids is 1. The minimum absolute atomic E-state index is 0.0126. The average Bonchev–Trinajstić information content (AvgIpc) is 3.20. The number of anilines is 2. The van der Waals surface area contributed by atoms with Crippen molar-refractivity contribution < 1.29 is 4.79 Å². The molecule has 13 heteroatoms. The number of H-pyrrole nitrogens is 1. The number of halogens is 1. The van der Waals surface area contributed by atoms with Crippen molar-refractivity contribution in [3.8, 4) is 0 Å². The smallest absolute Gasteiger partial charge is 0.238 e. The van der Waals surface area contributed by atoms with E-state index in [4.69, 9.17) is 48.7 Å². The molecule has 40 heavy (non-hydrogen) atoms. The molecule has 2 unspecified atom stereocenters. The minimum atomic E-state index is -0.929. The van der Waals surface area contributed by atoms with Crippen LogP contribution < -0.4 is 27.0 Å². The number of aromatic amines is 1. The summed E-state index contributed by atoms with van der Waals surface area (Å²) in [5.74, 6) is 2.53. The molecular weight excluding hydrogens is 548 g/mol. The third-order valence-electron chi connectivity index (χ3n) is 8.70. The Kier molecular flexibility index (Phi) is 5.90. The van der Waals surface area contributed by atoms with Gasteiger partial charge >= 0.3 is 0 Å². The van der Waals surface area contributed by atoms with Gasteiger partial charge in [0.25, 0.3) is 0 Å². The summed E-state index contributed by atoms with van der Waals surface area (Å²) in [5, 5.41) is 3.04. The third kappa shape index (κ3) is 3.84. The molecular formula is C27H31ClN10OS. The van der Waals surface area contributed by atoms with Gasteiger partial charge in [-0.05, 0) is 49.9 Å². The van der Waals surface area contributed by atoms with Crippen LogP contribution in [-0.2, 0) is 11.2 Å². The van der Waals surface area contributed by atoms with Crippen molar-refractivity contribution in [1.29, 1.82) is 0 Å². The molecule has 4 aromatic rings. The molecule has 0 bridgehead atoms. The molecule has 3 aliphatic rings. The van der Waals surface area contributed by atoms with Gasteiger partial charge in [0.2, 0.25) is 5.91 Å². The first kappa shape index (κ1) is 25.8. The van der Waals surface area contributed by atoms with E-state index < -0.39 is 11.4 Å². The number of benzene rings is 1. The van der Waals surface area contributed by atoms with Crippen LogP contribution in [-0.4, -0.2) is 69.1 Å². The zero-order valence-corrected chi connectivity index (χ0v) is 23.9. The second-order valence-corrected chi connectivity index (χ2v) is 12.5. The lowest BCUT2D eigenvalue weighted by atomic mass is 10.00. The lowest BCUT2D eigenvalue weighted by molar-refractivity contribution is -0.120. The summed E-state index contributed by atoms with van der Waals surface area (Å²) in [6.45, 7) is 7.67. The first-order valence-electron chi connectivity index (χ1n) is 13.5. The number of piperidine rings is 1. The fourth-order valence-electron chi connectivity index (χ4n) is 6.30. The molecule has 11 nitrogen and oxygen atoms in total. The monoisotopic (exact) mass is 578 g/mol. The van der Waals surface area contributed by atoms with Crippen molar-refractivity contribution >= 4 is 62.8 Å². The van der Waals surface area contributed by atoms with Crippen molar-refractivity contribution in [3.05, 3.63) is 34.7 Å². The number of aromatic nitrogens is 5. The van der Waals surface area contributed by atoms with Crippen molar-refractivity contribution in [2.75, 3.05) is 42.5 Å². The molecule has 0 spiro atoms. The number of rotatable bonds is 7. The second-order valence-electron chi connectivity index (χ2n) is 11.1. The number of carbonyl (C=O) groups is 1. The number of aryl methyl sites for hydroxylation is 2. The van der Waals surface area contributed by atoms with Crippen molar-refractivity contribution in [3.63, 3.8) is 0 Å². The van der Waals surface area contributed by atoms with Crippen LogP contribution in [0.15, 0.2) is 28.3 Å². The summed E-state index contributed by atoms with van der Waals surface area (Å²) in [4.78, 5) is 40.0. The number of fused-ring (bicyclic) bond motifs is 3. The SMILES string of the molecule is CCc1[nH]c2nc(Sc3ccc4c(N5CC(CN)C5)nc(C)nc4c3)nc(N3CC4C(C3)C4(N)C(N)=O)c2c1Cl. The summed E-state index contributed by atoms with van der Waals surface area (Å²) in [6, 6.07) is 6.19. The van der Waals surface area contributed by atoms with Gasteiger partial charge in [0.05, 0.1) is 15.9 Å². The summed E-state index contributed by atoms with van der Waals surface area (Å²) in [6.07, 6.45) is 0.741. The highest BCUT2D eigenvalue weighted by molar-refractivity contribution is 7.99. The molecule has 5 heterocycles. The van der Waals surface area contributed by atoms with Crippen molar-refractivity contribution in [2.24, 2.45) is 35.0 Å². The lowest BCUT2D eigenvalue weighted by Crippen LogP contribution is -2.50. The third-order valence-corrected chi connectivity index (χ3v) is 9.97. The number of hydrogen-bond donors (Lipinski definition) is 4. The van der Waals surface area contributed by atoms with Crippen molar-refractivity contribution in [1.82, 2.24) is 24.9 Å². The maximum Gasteiger partial charge on any atom is 0.238 e. The van der Waals surface area contributed by atoms with Gasteiger partial charge in [0, 0.05) is 59.9 Å². The zero-order chi connectivity index (χ0) is 27.9. The van der Waals surface area contributed by atoms with Gasteiger partial charge in [0.1, 0.15) is 28.6 Å². The Morgan fingerprint density at radius 3 is 2.52 bits per heavy atom.